The minimum Gasteiger partial charge on any atom is -0.369 e. The zero-order valence-electron chi connectivity index (χ0n) is 9.71. The lowest BCUT2D eigenvalue weighted by Gasteiger charge is -2.17. The van der Waals surface area contributed by atoms with E-state index in [0.29, 0.717) is 9.26 Å². The number of nitro groups is 1. The Hall–Kier alpha value is -1.71. The largest absolute Gasteiger partial charge is 0.369 e. The molecule has 0 radical (unpaired) electrons. The van der Waals surface area contributed by atoms with Gasteiger partial charge in [0, 0.05) is 28.7 Å². The molecule has 1 aliphatic rings. The maximum absolute atomic E-state index is 11.8. The van der Waals surface area contributed by atoms with Crippen molar-refractivity contribution in [1.82, 2.24) is 0 Å². The summed E-state index contributed by atoms with van der Waals surface area (Å²) in [7, 11) is 0. The van der Waals surface area contributed by atoms with E-state index in [1.807, 2.05) is 22.6 Å². The Morgan fingerprint density at radius 2 is 2.21 bits per heavy atom. The number of nitro benzene ring substituents is 1. The molecule has 1 heterocycles. The van der Waals surface area contributed by atoms with E-state index in [9.17, 15) is 19.7 Å². The predicted molar refractivity (Wildman–Crippen MR) is 75.5 cm³/mol. The molecule has 0 aliphatic carbocycles. The Kier molecular flexibility index (Phi) is 3.69. The van der Waals surface area contributed by atoms with Crippen LogP contribution < -0.4 is 10.6 Å². The summed E-state index contributed by atoms with van der Waals surface area (Å²) in [4.78, 5) is 34.5. The number of anilines is 1. The van der Waals surface area contributed by atoms with Crippen molar-refractivity contribution in [1.29, 1.82) is 0 Å². The summed E-state index contributed by atoms with van der Waals surface area (Å²) in [6, 6.07) is 4.24. The predicted octanol–water partition coefficient (Wildman–Crippen LogP) is 1.04. The van der Waals surface area contributed by atoms with E-state index in [4.69, 9.17) is 5.73 Å². The molecule has 1 saturated heterocycles. The highest BCUT2D eigenvalue weighted by Crippen LogP contribution is 2.31. The number of rotatable bonds is 3. The van der Waals surface area contributed by atoms with Crippen LogP contribution in [0.2, 0.25) is 0 Å². The maximum atomic E-state index is 11.8. The number of amides is 2. The number of hydrogen-bond acceptors (Lipinski definition) is 4. The SMILES string of the molecule is NC(=O)C1CC(=O)N(c2ccc([N+](=O)[O-])cc2I)C1. The first-order chi connectivity index (χ1) is 8.90. The lowest BCUT2D eigenvalue weighted by Crippen LogP contribution is -2.28. The molecule has 2 rings (SSSR count). The maximum Gasteiger partial charge on any atom is 0.270 e. The first-order valence-corrected chi connectivity index (χ1v) is 6.51. The molecule has 2 amide bonds. The molecule has 2 N–H and O–H groups in total. The molecule has 19 heavy (non-hydrogen) atoms. The standard InChI is InChI=1S/C11H10IN3O4/c12-8-4-7(15(18)19)1-2-9(8)14-5-6(11(13)17)3-10(14)16/h1-2,4,6H,3,5H2,(H2,13,17). The highest BCUT2D eigenvalue weighted by Gasteiger charge is 2.34. The van der Waals surface area contributed by atoms with Crippen molar-refractivity contribution in [3.8, 4) is 0 Å². The highest BCUT2D eigenvalue weighted by atomic mass is 127. The first kappa shape index (κ1) is 13.7. The average Bonchev–Trinajstić information content (AvgIpc) is 2.71. The number of benzene rings is 1. The highest BCUT2D eigenvalue weighted by molar-refractivity contribution is 14.1. The van der Waals surface area contributed by atoms with Crippen molar-refractivity contribution in [2.24, 2.45) is 11.7 Å². The Morgan fingerprint density at radius 3 is 2.68 bits per heavy atom. The molecule has 1 aromatic rings. The van der Waals surface area contributed by atoms with Crippen LogP contribution in [0.1, 0.15) is 6.42 Å². The van der Waals surface area contributed by atoms with Gasteiger partial charge in [-0.3, -0.25) is 19.7 Å². The zero-order valence-corrected chi connectivity index (χ0v) is 11.9. The van der Waals surface area contributed by atoms with Gasteiger partial charge >= 0.3 is 0 Å². The molecule has 100 valence electrons. The van der Waals surface area contributed by atoms with Crippen LogP contribution in [-0.2, 0) is 9.59 Å². The lowest BCUT2D eigenvalue weighted by atomic mass is 10.1. The Morgan fingerprint density at radius 1 is 1.53 bits per heavy atom. The Bertz CT molecular complexity index is 575. The average molecular weight is 375 g/mol. The summed E-state index contributed by atoms with van der Waals surface area (Å²) < 4.78 is 0.588. The molecule has 1 atom stereocenters. The van der Waals surface area contributed by atoms with Gasteiger partial charge in [-0.25, -0.2) is 0 Å². The van der Waals surface area contributed by atoms with Gasteiger partial charge in [0.05, 0.1) is 16.5 Å². The molecule has 7 nitrogen and oxygen atoms in total. The summed E-state index contributed by atoms with van der Waals surface area (Å²) in [5.41, 5.74) is 5.73. The monoisotopic (exact) mass is 375 g/mol. The van der Waals surface area contributed by atoms with Gasteiger partial charge in [-0.2, -0.15) is 0 Å². The Labute approximate surface area is 122 Å². The number of primary amides is 1. The molecule has 0 spiro atoms. The van der Waals surface area contributed by atoms with E-state index in [1.54, 1.807) is 0 Å². The quantitative estimate of drug-likeness (QED) is 0.484. The zero-order chi connectivity index (χ0) is 14.2. The van der Waals surface area contributed by atoms with Crippen LogP contribution in [0.5, 0.6) is 0 Å². The fourth-order valence-corrected chi connectivity index (χ4v) is 2.75. The van der Waals surface area contributed by atoms with Gasteiger partial charge in [0.2, 0.25) is 11.8 Å². The van der Waals surface area contributed by atoms with Crippen LogP contribution in [0.4, 0.5) is 11.4 Å². The van der Waals surface area contributed by atoms with Gasteiger partial charge in [-0.05, 0) is 28.7 Å². The van der Waals surface area contributed by atoms with Gasteiger partial charge in [0.15, 0.2) is 0 Å². The van der Waals surface area contributed by atoms with Crippen LogP contribution >= 0.6 is 22.6 Å². The number of non-ortho nitro benzene ring substituents is 1. The summed E-state index contributed by atoms with van der Waals surface area (Å²) in [6.45, 7) is 0.224. The van der Waals surface area contributed by atoms with Gasteiger partial charge in [0.1, 0.15) is 0 Å². The van der Waals surface area contributed by atoms with Crippen molar-refractivity contribution < 1.29 is 14.5 Å². The number of nitrogens with two attached hydrogens (primary N) is 1. The number of halogens is 1. The third-order valence-electron chi connectivity index (χ3n) is 2.96. The van der Waals surface area contributed by atoms with Crippen LogP contribution in [0.3, 0.4) is 0 Å². The fraction of sp³-hybridized carbons (Fsp3) is 0.273. The van der Waals surface area contributed by atoms with Crippen molar-refractivity contribution in [3.63, 3.8) is 0 Å². The molecule has 8 heteroatoms. The molecule has 1 aromatic carbocycles. The second-order valence-electron chi connectivity index (χ2n) is 4.20. The van der Waals surface area contributed by atoms with Gasteiger partial charge < -0.3 is 10.6 Å². The van der Waals surface area contributed by atoms with Crippen LogP contribution in [0.15, 0.2) is 18.2 Å². The number of nitrogens with zero attached hydrogens (tertiary/aromatic N) is 2. The van der Waals surface area contributed by atoms with E-state index in [2.05, 4.69) is 0 Å². The molecule has 1 fully saturated rings. The molecule has 1 aliphatic heterocycles. The van der Waals surface area contributed by atoms with Crippen molar-refractivity contribution in [3.05, 3.63) is 31.9 Å². The van der Waals surface area contributed by atoms with E-state index in [-0.39, 0.29) is 24.6 Å². The van der Waals surface area contributed by atoms with Gasteiger partial charge in [-0.1, -0.05) is 0 Å². The van der Waals surface area contributed by atoms with Gasteiger partial charge in [-0.15, -0.1) is 0 Å². The van der Waals surface area contributed by atoms with Crippen LogP contribution in [0.25, 0.3) is 0 Å². The smallest absolute Gasteiger partial charge is 0.270 e. The van der Waals surface area contributed by atoms with E-state index < -0.39 is 16.7 Å². The first-order valence-electron chi connectivity index (χ1n) is 5.43. The molecule has 1 unspecified atom stereocenters. The van der Waals surface area contributed by atoms with Crippen LogP contribution in [0, 0.1) is 19.6 Å². The minimum absolute atomic E-state index is 0.0359. The molecule has 0 saturated carbocycles. The normalized spacial score (nSPS) is 18.7. The molecular weight excluding hydrogens is 365 g/mol. The topological polar surface area (TPSA) is 107 Å². The second kappa shape index (κ2) is 5.11. The second-order valence-corrected chi connectivity index (χ2v) is 5.36. The third kappa shape index (κ3) is 2.67. The molecule has 0 bridgehead atoms. The molecule has 0 aromatic heterocycles. The number of carbonyl (C=O) groups excluding carboxylic acids is 2. The third-order valence-corrected chi connectivity index (χ3v) is 3.82. The summed E-state index contributed by atoms with van der Waals surface area (Å²) in [6.07, 6.45) is 0.0857. The summed E-state index contributed by atoms with van der Waals surface area (Å²) in [5, 5.41) is 10.7. The summed E-state index contributed by atoms with van der Waals surface area (Å²) in [5.74, 6) is -1.21. The minimum atomic E-state index is -0.507. The summed E-state index contributed by atoms with van der Waals surface area (Å²) >= 11 is 1.93. The number of carbonyl (C=O) groups is 2. The lowest BCUT2D eigenvalue weighted by molar-refractivity contribution is -0.384. The fourth-order valence-electron chi connectivity index (χ4n) is 1.96. The van der Waals surface area contributed by atoms with Crippen molar-refractivity contribution >= 4 is 45.8 Å². The van der Waals surface area contributed by atoms with E-state index in [0.717, 1.165) is 0 Å². The molecular formula is C11H10IN3O4. The van der Waals surface area contributed by atoms with E-state index >= 15 is 0 Å². The van der Waals surface area contributed by atoms with Gasteiger partial charge in [0.25, 0.3) is 5.69 Å². The van der Waals surface area contributed by atoms with Crippen LogP contribution in [-0.4, -0.2) is 23.3 Å². The Balaban J connectivity index is 2.30. The number of hydrogen-bond donors (Lipinski definition) is 1. The van der Waals surface area contributed by atoms with Crippen molar-refractivity contribution in [2.75, 3.05) is 11.4 Å². The van der Waals surface area contributed by atoms with E-state index in [1.165, 1.54) is 23.1 Å². The van der Waals surface area contributed by atoms with Crippen molar-refractivity contribution in [2.45, 2.75) is 6.42 Å².